The number of esters is 1. The second-order valence-corrected chi connectivity index (χ2v) is 11.8. The monoisotopic (exact) mass is 609 g/mol. The van der Waals surface area contributed by atoms with Gasteiger partial charge < -0.3 is 24.1 Å². The van der Waals surface area contributed by atoms with E-state index in [-0.39, 0.29) is 36.2 Å². The van der Waals surface area contributed by atoms with Crippen molar-refractivity contribution in [3.05, 3.63) is 82.2 Å². The molecule has 3 aromatic rings. The topological polar surface area (TPSA) is 89.6 Å². The molecule has 2 heterocycles. The number of hydrogen-bond donors (Lipinski definition) is 1. The number of methoxy groups -OCH3 is 1. The minimum absolute atomic E-state index is 0.142. The number of hydrazone groups is 1. The maximum absolute atomic E-state index is 15.2. The highest BCUT2D eigenvalue weighted by atomic mass is 19.1. The van der Waals surface area contributed by atoms with Crippen molar-refractivity contribution < 1.29 is 46.7 Å². The lowest BCUT2D eigenvalue weighted by Gasteiger charge is -2.18. The van der Waals surface area contributed by atoms with Crippen LogP contribution in [-0.4, -0.2) is 54.1 Å². The minimum Gasteiger partial charge on any atom is -0.493 e. The predicted molar refractivity (Wildman–Crippen MR) is 155 cm³/mol. The first kappa shape index (κ1) is 29.7. The van der Waals surface area contributed by atoms with Gasteiger partial charge in [-0.15, -0.1) is 0 Å². The van der Waals surface area contributed by atoms with E-state index in [1.54, 1.807) is 44.5 Å². The third-order valence-electron chi connectivity index (χ3n) is 7.89. The molecule has 6 rings (SSSR count). The molecule has 0 bridgehead atoms. The summed E-state index contributed by atoms with van der Waals surface area (Å²) in [6.45, 7) is 3.85. The summed E-state index contributed by atoms with van der Waals surface area (Å²) in [6, 6.07) is 10.2. The molecule has 1 aliphatic carbocycles. The first-order chi connectivity index (χ1) is 21.0. The molecule has 0 amide bonds. The van der Waals surface area contributed by atoms with E-state index in [1.807, 2.05) is 0 Å². The second kappa shape index (κ2) is 11.6. The lowest BCUT2D eigenvalue weighted by molar-refractivity contribution is -0.541. The Morgan fingerprint density at radius 1 is 1.11 bits per heavy atom. The molecule has 1 N–H and O–H groups in total. The lowest BCUT2D eigenvalue weighted by Crippen LogP contribution is -2.30. The highest BCUT2D eigenvalue weighted by Crippen LogP contribution is 2.45. The molecule has 0 aromatic heterocycles. The van der Waals surface area contributed by atoms with Crippen molar-refractivity contribution >= 4 is 18.4 Å². The summed E-state index contributed by atoms with van der Waals surface area (Å²) in [6.07, 6.45) is 3.52. The molecule has 3 aromatic carbocycles. The molecule has 11 heteroatoms. The number of halogens is 3. The zero-order valence-electron chi connectivity index (χ0n) is 24.5. The van der Waals surface area contributed by atoms with Crippen molar-refractivity contribution in [2.45, 2.75) is 56.7 Å². The maximum Gasteiger partial charge on any atom is 0.306 e. The Labute approximate surface area is 252 Å². The van der Waals surface area contributed by atoms with Gasteiger partial charge in [0.25, 0.3) is 0 Å². The van der Waals surface area contributed by atoms with Crippen LogP contribution in [0.5, 0.6) is 23.0 Å². The van der Waals surface area contributed by atoms with Crippen molar-refractivity contribution in [1.82, 2.24) is 0 Å². The van der Waals surface area contributed by atoms with Crippen molar-refractivity contribution in [2.75, 3.05) is 20.3 Å². The highest BCUT2D eigenvalue weighted by Gasteiger charge is 2.33. The van der Waals surface area contributed by atoms with Crippen LogP contribution >= 0.6 is 0 Å². The zero-order valence-corrected chi connectivity index (χ0v) is 24.5. The van der Waals surface area contributed by atoms with Gasteiger partial charge in [-0.1, -0.05) is 4.68 Å². The van der Waals surface area contributed by atoms with Gasteiger partial charge in [0.15, 0.2) is 23.6 Å². The van der Waals surface area contributed by atoms with Crippen molar-refractivity contribution in [2.24, 2.45) is 5.10 Å². The van der Waals surface area contributed by atoms with Gasteiger partial charge in [0.1, 0.15) is 40.7 Å². The summed E-state index contributed by atoms with van der Waals surface area (Å²) in [7, 11) is 1.33. The van der Waals surface area contributed by atoms with Crippen LogP contribution in [0, 0.1) is 17.5 Å². The number of nitrogens with zero attached hydrogens (tertiary/aromatic N) is 2. The molecule has 3 aliphatic rings. The molecule has 0 saturated heterocycles. The van der Waals surface area contributed by atoms with E-state index < -0.39 is 40.8 Å². The van der Waals surface area contributed by atoms with Crippen molar-refractivity contribution in [3.63, 3.8) is 0 Å². The summed E-state index contributed by atoms with van der Waals surface area (Å²) in [5.74, 6) is -2.66. The number of carbonyl (C=O) groups excluding carboxylic acids is 1. The minimum atomic E-state index is -0.999. The summed E-state index contributed by atoms with van der Waals surface area (Å²) in [5.41, 5.74) is 0.891. The number of ether oxygens (including phenoxy) is 4. The van der Waals surface area contributed by atoms with Crippen LogP contribution < -0.4 is 14.2 Å². The Bertz CT molecular complexity index is 1660. The fourth-order valence-corrected chi connectivity index (χ4v) is 5.86. The van der Waals surface area contributed by atoms with Crippen LogP contribution in [0.3, 0.4) is 0 Å². The molecule has 230 valence electrons. The average molecular weight is 610 g/mol. The molecule has 0 saturated carbocycles. The Morgan fingerprint density at radius 2 is 1.89 bits per heavy atom. The normalized spacial score (nSPS) is 20.2. The van der Waals surface area contributed by atoms with E-state index in [0.717, 1.165) is 5.56 Å². The molecule has 0 spiro atoms. The number of aliphatic hydroxyl groups is 1. The van der Waals surface area contributed by atoms with E-state index in [0.29, 0.717) is 42.1 Å². The van der Waals surface area contributed by atoms with Gasteiger partial charge >= 0.3 is 5.97 Å². The number of carbonyl (C=O) groups is 1. The number of rotatable bonds is 9. The Morgan fingerprint density at radius 3 is 2.61 bits per heavy atom. The average Bonchev–Trinajstić information content (AvgIpc) is 3.70. The van der Waals surface area contributed by atoms with E-state index in [2.05, 4.69) is 5.10 Å². The quantitative estimate of drug-likeness (QED) is 0.239. The van der Waals surface area contributed by atoms with Gasteiger partial charge in [0, 0.05) is 22.6 Å². The number of benzene rings is 3. The maximum atomic E-state index is 15.2. The second-order valence-electron chi connectivity index (χ2n) is 11.8. The first-order valence-electron chi connectivity index (χ1n) is 14.4. The van der Waals surface area contributed by atoms with Gasteiger partial charge in [-0.25, -0.2) is 13.2 Å². The van der Waals surface area contributed by atoms with Crippen LogP contribution in [0.15, 0.2) is 47.6 Å². The molecule has 44 heavy (non-hydrogen) atoms. The third kappa shape index (κ3) is 6.01. The molecule has 0 fully saturated rings. The predicted octanol–water partition coefficient (Wildman–Crippen LogP) is 5.94. The van der Waals surface area contributed by atoms with Gasteiger partial charge in [0.05, 0.1) is 26.4 Å². The highest BCUT2D eigenvalue weighted by molar-refractivity contribution is 5.90. The summed E-state index contributed by atoms with van der Waals surface area (Å²) >= 11 is 0. The number of fused-ring (bicyclic) bond motifs is 2. The smallest absolute Gasteiger partial charge is 0.306 e. The van der Waals surface area contributed by atoms with Crippen LogP contribution in [0.1, 0.15) is 66.9 Å². The van der Waals surface area contributed by atoms with Gasteiger partial charge in [-0.05, 0) is 79.8 Å². The summed E-state index contributed by atoms with van der Waals surface area (Å²) in [4.78, 5) is 11.8. The summed E-state index contributed by atoms with van der Waals surface area (Å²) < 4.78 is 69.6. The molecule has 1 unspecified atom stereocenters. The molecule has 0 radical (unpaired) electrons. The lowest BCUT2D eigenvalue weighted by atomic mass is 9.98. The van der Waals surface area contributed by atoms with Gasteiger partial charge in [0.2, 0.25) is 6.54 Å². The largest absolute Gasteiger partial charge is 0.493 e. The third-order valence-corrected chi connectivity index (χ3v) is 7.89. The van der Waals surface area contributed by atoms with Crippen LogP contribution in [0.25, 0.3) is 0 Å². The van der Waals surface area contributed by atoms with Gasteiger partial charge in [-0.2, -0.15) is 0 Å². The van der Waals surface area contributed by atoms with E-state index in [1.165, 1.54) is 36.1 Å². The van der Waals surface area contributed by atoms with Crippen molar-refractivity contribution in [1.29, 1.82) is 0 Å². The van der Waals surface area contributed by atoms with Crippen molar-refractivity contribution in [3.8, 4) is 23.0 Å². The van der Waals surface area contributed by atoms with Crippen LogP contribution in [0.4, 0.5) is 13.2 Å². The fraction of sp³-hybridized carbons (Fsp3) is 0.364. The van der Waals surface area contributed by atoms with E-state index >= 15 is 13.2 Å². The Hall–Kier alpha value is -4.38. The standard InChI is InChI=1S/C33H32F3N2O6/c1-33(2,40)17-38-15-20(14-37-38)18-10-25(35)32(26(36)11-18)44-28-9-6-24(34)31-22(28)5-8-29(31)43-21-4-7-27-23(13-21)19(16-42-27)12-30(39)41-3/h4,6-7,9-11,13-15,19-20,29,40H,5,8,12,16-17H2,1-3H3/q+1/t19-,20?,29-/m1/s1. The summed E-state index contributed by atoms with van der Waals surface area (Å²) in [5, 5.41) is 14.2. The molecular formula is C33H32F3N2O6+. The molecule has 3 atom stereocenters. The SMILES string of the molecule is COC(=O)C[C@@H]1COc2ccc(O[C@@H]3CCc4c(Oc5c(F)cc(C6C=N[N+](CC(C)(C)O)=C6)cc5F)ccc(F)c43)cc21. The Balaban J connectivity index is 1.21. The molecule has 8 nitrogen and oxygen atoms in total. The first-order valence-corrected chi connectivity index (χ1v) is 14.4. The Kier molecular flexibility index (Phi) is 7.83. The number of hydrogen-bond acceptors (Lipinski definition) is 7. The van der Waals surface area contributed by atoms with E-state index in [4.69, 9.17) is 18.9 Å². The van der Waals surface area contributed by atoms with Crippen LogP contribution in [0.2, 0.25) is 0 Å². The van der Waals surface area contributed by atoms with Gasteiger partial charge in [-0.3, -0.25) is 4.79 Å². The van der Waals surface area contributed by atoms with E-state index in [9.17, 15) is 9.90 Å². The molecule has 2 aliphatic heterocycles. The zero-order chi connectivity index (χ0) is 31.2. The van der Waals surface area contributed by atoms with Crippen LogP contribution in [-0.2, 0) is 16.0 Å². The fourth-order valence-electron chi connectivity index (χ4n) is 5.86. The number of β-amino-alcohol motifs (C(OH)–C–C–N with tert-alkyl or cyclic N) is 1. The molecular weight excluding hydrogens is 577 g/mol.